The molecule has 2 N–H and O–H groups in total. The van der Waals surface area contributed by atoms with E-state index < -0.39 is 12.3 Å². The highest BCUT2D eigenvalue weighted by Gasteiger charge is 2.29. The van der Waals surface area contributed by atoms with Gasteiger partial charge in [0.25, 0.3) is 0 Å². The van der Waals surface area contributed by atoms with Crippen LogP contribution < -0.4 is 15.5 Å². The van der Waals surface area contributed by atoms with Crippen LogP contribution in [0.5, 0.6) is 0 Å². The third kappa shape index (κ3) is 3.99. The Morgan fingerprint density at radius 3 is 2.70 bits per heavy atom. The number of alkyl halides is 1. The maximum atomic E-state index is 13.6. The van der Waals surface area contributed by atoms with Gasteiger partial charge in [0, 0.05) is 24.2 Å². The molecule has 1 unspecified atom stereocenters. The number of hydrogen-bond donors (Lipinski definition) is 2. The van der Waals surface area contributed by atoms with Crippen LogP contribution in [-0.4, -0.2) is 48.3 Å². The zero-order valence-corrected chi connectivity index (χ0v) is 18.4. The number of rotatable bonds is 3. The van der Waals surface area contributed by atoms with Crippen molar-refractivity contribution in [1.29, 1.82) is 0 Å². The number of piperidine rings is 1. The first-order valence-electron chi connectivity index (χ1n) is 11.2. The summed E-state index contributed by atoms with van der Waals surface area (Å²) in [6, 6.07) is 11.0. The van der Waals surface area contributed by atoms with Gasteiger partial charge >= 0.3 is 12.1 Å². The van der Waals surface area contributed by atoms with Crippen molar-refractivity contribution in [3.05, 3.63) is 53.7 Å². The van der Waals surface area contributed by atoms with Gasteiger partial charge in [-0.3, -0.25) is 0 Å². The molecular weight excluding hydrogens is 425 g/mol. The number of carbonyl (C=O) groups is 2. The van der Waals surface area contributed by atoms with Crippen LogP contribution in [0.3, 0.4) is 0 Å². The normalized spacial score (nSPS) is 18.2. The lowest BCUT2D eigenvalue weighted by atomic mass is 10.0. The van der Waals surface area contributed by atoms with E-state index in [-0.39, 0.29) is 12.1 Å². The highest BCUT2D eigenvalue weighted by Crippen LogP contribution is 2.38. The molecule has 5 rings (SSSR count). The third-order valence-electron chi connectivity index (χ3n) is 6.53. The number of nitrogens with one attached hydrogen (secondary N) is 2. The molecule has 172 valence electrons. The zero-order valence-electron chi connectivity index (χ0n) is 18.4. The number of halogens is 1. The molecule has 2 aromatic carbocycles. The van der Waals surface area contributed by atoms with Gasteiger partial charge in [-0.2, -0.15) is 9.78 Å². The Morgan fingerprint density at radius 2 is 1.91 bits per heavy atom. The number of methoxy groups -OCH3 is 1. The maximum Gasteiger partial charge on any atom is 0.434 e. The molecule has 0 radical (unpaired) electrons. The molecule has 1 aliphatic heterocycles. The summed E-state index contributed by atoms with van der Waals surface area (Å²) in [5.41, 5.74) is 4.61. The smallest absolute Gasteiger partial charge is 0.434 e. The first kappa shape index (κ1) is 21.2. The average Bonchev–Trinajstić information content (AvgIpc) is 3.44. The largest absolute Gasteiger partial charge is 0.451 e. The molecule has 1 aliphatic carbocycles. The lowest BCUT2D eigenvalue weighted by Crippen LogP contribution is -2.35. The van der Waals surface area contributed by atoms with Crippen LogP contribution in [-0.2, 0) is 11.2 Å². The van der Waals surface area contributed by atoms with Crippen molar-refractivity contribution < 1.29 is 18.7 Å². The van der Waals surface area contributed by atoms with Gasteiger partial charge in [-0.25, -0.2) is 14.0 Å². The minimum Gasteiger partial charge on any atom is -0.451 e. The van der Waals surface area contributed by atoms with E-state index in [1.54, 1.807) is 18.2 Å². The van der Waals surface area contributed by atoms with Gasteiger partial charge in [0.1, 0.15) is 6.17 Å². The SMILES string of the molecule is COC(=O)n1ncc2c(NC(=O)NC3CCc4c3cccc4N3CCC(F)CC3)cccc21. The zero-order chi connectivity index (χ0) is 22.9. The third-order valence-corrected chi connectivity index (χ3v) is 6.53. The van der Waals surface area contributed by atoms with Gasteiger partial charge in [-0.1, -0.05) is 18.2 Å². The number of anilines is 2. The summed E-state index contributed by atoms with van der Waals surface area (Å²) in [5, 5.41) is 10.7. The number of urea groups is 1. The number of hydrogen-bond acceptors (Lipinski definition) is 5. The Bertz CT molecular complexity index is 1200. The van der Waals surface area contributed by atoms with Crippen LogP contribution in [0.1, 0.15) is 36.4 Å². The molecule has 2 aliphatic rings. The van der Waals surface area contributed by atoms with E-state index >= 15 is 0 Å². The molecule has 3 aromatic rings. The topological polar surface area (TPSA) is 88.5 Å². The van der Waals surface area contributed by atoms with Crippen molar-refractivity contribution in [2.45, 2.75) is 37.9 Å². The molecule has 9 heteroatoms. The summed E-state index contributed by atoms with van der Waals surface area (Å²) in [5.74, 6) is 0. The van der Waals surface area contributed by atoms with Gasteiger partial charge < -0.3 is 20.3 Å². The van der Waals surface area contributed by atoms with Crippen molar-refractivity contribution in [2.75, 3.05) is 30.4 Å². The quantitative estimate of drug-likeness (QED) is 0.616. The number of nitrogens with zero attached hydrogens (tertiary/aromatic N) is 3. The van der Waals surface area contributed by atoms with Crippen LogP contribution in [0.4, 0.5) is 25.4 Å². The minimum absolute atomic E-state index is 0.101. The van der Waals surface area contributed by atoms with Crippen molar-refractivity contribution in [1.82, 2.24) is 15.1 Å². The number of carbonyl (C=O) groups excluding carboxylic acids is 2. The molecular formula is C24H26FN5O3. The Hall–Kier alpha value is -3.62. The fourth-order valence-corrected chi connectivity index (χ4v) is 4.88. The molecule has 1 saturated heterocycles. The van der Waals surface area contributed by atoms with Crippen LogP contribution in [0, 0.1) is 0 Å². The fourth-order valence-electron chi connectivity index (χ4n) is 4.88. The summed E-state index contributed by atoms with van der Waals surface area (Å²) < 4.78 is 19.5. The van der Waals surface area contributed by atoms with E-state index in [1.165, 1.54) is 18.9 Å². The lowest BCUT2D eigenvalue weighted by molar-refractivity contribution is 0.170. The molecule has 2 amide bonds. The fraction of sp³-hybridized carbons (Fsp3) is 0.375. The summed E-state index contributed by atoms with van der Waals surface area (Å²) in [6.45, 7) is 1.44. The Morgan fingerprint density at radius 1 is 1.12 bits per heavy atom. The second-order valence-electron chi connectivity index (χ2n) is 8.46. The maximum absolute atomic E-state index is 13.6. The van der Waals surface area contributed by atoms with Crippen molar-refractivity contribution in [3.8, 4) is 0 Å². The Balaban J connectivity index is 1.31. The van der Waals surface area contributed by atoms with Crippen LogP contribution in [0.2, 0.25) is 0 Å². The summed E-state index contributed by atoms with van der Waals surface area (Å²) >= 11 is 0. The number of fused-ring (bicyclic) bond motifs is 2. The van der Waals surface area contributed by atoms with Crippen LogP contribution in [0.15, 0.2) is 42.6 Å². The van der Waals surface area contributed by atoms with Crippen molar-refractivity contribution >= 4 is 34.4 Å². The number of aromatic nitrogens is 2. The van der Waals surface area contributed by atoms with Crippen LogP contribution >= 0.6 is 0 Å². The number of ether oxygens (including phenoxy) is 1. The van der Waals surface area contributed by atoms with E-state index in [9.17, 15) is 14.0 Å². The minimum atomic E-state index is -0.708. The highest BCUT2D eigenvalue weighted by molar-refractivity contribution is 6.02. The Labute approximate surface area is 190 Å². The van der Waals surface area contributed by atoms with Gasteiger partial charge in [0.15, 0.2) is 0 Å². The van der Waals surface area contributed by atoms with Gasteiger partial charge in [-0.05, 0) is 55.0 Å². The van der Waals surface area contributed by atoms with E-state index in [0.717, 1.165) is 41.9 Å². The molecule has 1 aromatic heterocycles. The average molecular weight is 452 g/mol. The predicted molar refractivity (Wildman–Crippen MR) is 124 cm³/mol. The van der Waals surface area contributed by atoms with E-state index in [2.05, 4.69) is 32.8 Å². The summed E-state index contributed by atoms with van der Waals surface area (Å²) in [4.78, 5) is 27.0. The van der Waals surface area contributed by atoms with Crippen molar-refractivity contribution in [2.24, 2.45) is 0 Å². The van der Waals surface area contributed by atoms with Crippen LogP contribution in [0.25, 0.3) is 10.9 Å². The van der Waals surface area contributed by atoms with E-state index in [0.29, 0.717) is 29.4 Å². The van der Waals surface area contributed by atoms with E-state index in [4.69, 9.17) is 4.74 Å². The second kappa shape index (κ2) is 8.73. The molecule has 1 fully saturated rings. The highest BCUT2D eigenvalue weighted by atomic mass is 19.1. The molecule has 2 heterocycles. The van der Waals surface area contributed by atoms with E-state index in [1.807, 2.05) is 6.07 Å². The molecule has 0 bridgehead atoms. The molecule has 0 saturated carbocycles. The standard InChI is InChI=1S/C24H26FN5O3/c1-33-24(32)30-22-7-3-5-19(18(22)14-26-30)27-23(31)28-20-9-8-17-16(20)4-2-6-21(17)29-12-10-15(25)11-13-29/h2-7,14-15,20H,8-13H2,1H3,(H2,27,28,31). The first-order chi connectivity index (χ1) is 16.0. The van der Waals surface area contributed by atoms with Gasteiger partial charge in [0.2, 0.25) is 0 Å². The first-order valence-corrected chi connectivity index (χ1v) is 11.2. The Kier molecular flexibility index (Phi) is 5.62. The molecule has 1 atom stereocenters. The number of benzene rings is 2. The van der Waals surface area contributed by atoms with Gasteiger partial charge in [0.05, 0.1) is 30.6 Å². The monoisotopic (exact) mass is 451 g/mol. The van der Waals surface area contributed by atoms with Crippen molar-refractivity contribution in [3.63, 3.8) is 0 Å². The molecule has 0 spiro atoms. The summed E-state index contributed by atoms with van der Waals surface area (Å²) in [6.07, 6.45) is 3.02. The second-order valence-corrected chi connectivity index (χ2v) is 8.46. The number of amides is 2. The lowest BCUT2D eigenvalue weighted by Gasteiger charge is -2.32. The van der Waals surface area contributed by atoms with Gasteiger partial charge in [-0.15, -0.1) is 0 Å². The molecule has 8 nitrogen and oxygen atoms in total. The summed E-state index contributed by atoms with van der Waals surface area (Å²) in [7, 11) is 1.29. The molecule has 33 heavy (non-hydrogen) atoms. The predicted octanol–water partition coefficient (Wildman–Crippen LogP) is 4.40.